The normalized spacial score (nSPS) is 15.5. The maximum Gasteiger partial charge on any atom is 0.259 e. The van der Waals surface area contributed by atoms with Gasteiger partial charge in [0, 0.05) is 29.7 Å². The highest BCUT2D eigenvalue weighted by molar-refractivity contribution is 6.09. The molecule has 10 heteroatoms. The van der Waals surface area contributed by atoms with Crippen LogP contribution in [-0.4, -0.2) is 36.8 Å². The molecule has 1 fully saturated rings. The van der Waals surface area contributed by atoms with Crippen LogP contribution in [0.4, 0.5) is 20.2 Å². The number of hydrogen-bond acceptors (Lipinski definition) is 5. The van der Waals surface area contributed by atoms with Gasteiger partial charge in [-0.3, -0.25) is 4.79 Å². The Labute approximate surface area is 204 Å². The summed E-state index contributed by atoms with van der Waals surface area (Å²) < 4.78 is 31.6. The van der Waals surface area contributed by atoms with Crippen molar-refractivity contribution in [3.05, 3.63) is 102 Å². The van der Waals surface area contributed by atoms with Crippen LogP contribution in [-0.2, 0) is 0 Å². The Bertz CT molecular complexity index is 1550. The first-order valence-corrected chi connectivity index (χ1v) is 11.5. The standard InChI is InChI=1S/C26H21F2N7O/c27-17-3-8-23(28)21(12-17)24-2-1-10-33(24)20-9-11-34-25(13-20)22(14-30-34)26(36)32-18-4-6-19(7-5-18)35-16-29-15-31-35/h3-9,11-16,24H,1-2,10H2,(H,32,36). The minimum Gasteiger partial charge on any atom is -0.364 e. The summed E-state index contributed by atoms with van der Waals surface area (Å²) in [5, 5.41) is 11.3. The zero-order valence-corrected chi connectivity index (χ0v) is 19.1. The molecular weight excluding hydrogens is 464 g/mol. The van der Waals surface area contributed by atoms with Crippen molar-refractivity contribution in [3.8, 4) is 5.69 Å². The van der Waals surface area contributed by atoms with Gasteiger partial charge in [0.1, 0.15) is 24.3 Å². The van der Waals surface area contributed by atoms with Gasteiger partial charge in [-0.15, -0.1) is 0 Å². The maximum atomic E-state index is 14.5. The van der Waals surface area contributed by atoms with Gasteiger partial charge in [-0.05, 0) is 67.4 Å². The van der Waals surface area contributed by atoms with Crippen LogP contribution in [0, 0.1) is 11.6 Å². The lowest BCUT2D eigenvalue weighted by molar-refractivity contribution is 0.102. The van der Waals surface area contributed by atoms with Crippen LogP contribution < -0.4 is 10.2 Å². The summed E-state index contributed by atoms with van der Waals surface area (Å²) in [7, 11) is 0. The minimum absolute atomic E-state index is 0.285. The lowest BCUT2D eigenvalue weighted by atomic mass is 10.0. The zero-order chi connectivity index (χ0) is 24.6. The number of carbonyl (C=O) groups is 1. The number of rotatable bonds is 5. The molecule has 1 aliphatic heterocycles. The summed E-state index contributed by atoms with van der Waals surface area (Å²) in [6.07, 6.45) is 7.90. The largest absolute Gasteiger partial charge is 0.364 e. The van der Waals surface area contributed by atoms with E-state index in [0.717, 1.165) is 23.9 Å². The molecule has 0 radical (unpaired) electrons. The average molecular weight is 485 g/mol. The Hall–Kier alpha value is -4.60. The van der Waals surface area contributed by atoms with E-state index in [4.69, 9.17) is 0 Å². The first-order valence-electron chi connectivity index (χ1n) is 11.5. The summed E-state index contributed by atoms with van der Waals surface area (Å²) in [4.78, 5) is 19.1. The van der Waals surface area contributed by atoms with Gasteiger partial charge in [-0.2, -0.15) is 10.2 Å². The van der Waals surface area contributed by atoms with Crippen molar-refractivity contribution in [2.75, 3.05) is 16.8 Å². The molecule has 1 aliphatic rings. The number of nitrogens with one attached hydrogen (secondary N) is 1. The van der Waals surface area contributed by atoms with E-state index in [0.29, 0.717) is 35.3 Å². The molecule has 2 aromatic carbocycles. The van der Waals surface area contributed by atoms with Crippen LogP contribution in [0.2, 0.25) is 0 Å². The number of anilines is 2. The molecule has 1 amide bonds. The first-order chi connectivity index (χ1) is 17.6. The lowest BCUT2D eigenvalue weighted by Crippen LogP contribution is -2.23. The van der Waals surface area contributed by atoms with Crippen LogP contribution in [0.5, 0.6) is 0 Å². The maximum absolute atomic E-state index is 14.5. The Morgan fingerprint density at radius 2 is 1.86 bits per heavy atom. The number of aromatic nitrogens is 5. The van der Waals surface area contributed by atoms with Gasteiger partial charge in [-0.1, -0.05) is 0 Å². The smallest absolute Gasteiger partial charge is 0.259 e. The van der Waals surface area contributed by atoms with Crippen molar-refractivity contribution in [2.24, 2.45) is 0 Å². The number of halogens is 2. The van der Waals surface area contributed by atoms with E-state index in [2.05, 4.69) is 25.4 Å². The van der Waals surface area contributed by atoms with Crippen molar-refractivity contribution < 1.29 is 13.6 Å². The molecule has 8 nitrogen and oxygen atoms in total. The predicted octanol–water partition coefficient (Wildman–Crippen LogP) is 4.79. The van der Waals surface area contributed by atoms with E-state index >= 15 is 0 Å². The molecule has 0 spiro atoms. The van der Waals surface area contributed by atoms with Crippen LogP contribution in [0.15, 0.2) is 79.6 Å². The molecule has 1 saturated heterocycles. The number of fused-ring (bicyclic) bond motifs is 1. The molecule has 0 bridgehead atoms. The minimum atomic E-state index is -0.460. The van der Waals surface area contributed by atoms with Crippen molar-refractivity contribution in [2.45, 2.75) is 18.9 Å². The number of amides is 1. The second kappa shape index (κ2) is 8.88. The Morgan fingerprint density at radius 3 is 2.67 bits per heavy atom. The monoisotopic (exact) mass is 485 g/mol. The number of carbonyl (C=O) groups excluding carboxylic acids is 1. The second-order valence-electron chi connectivity index (χ2n) is 8.63. The van der Waals surface area contributed by atoms with Crippen molar-refractivity contribution >= 4 is 22.8 Å². The molecule has 180 valence electrons. The molecule has 3 aromatic heterocycles. The summed E-state index contributed by atoms with van der Waals surface area (Å²) >= 11 is 0. The summed E-state index contributed by atoms with van der Waals surface area (Å²) in [6.45, 7) is 0.699. The van der Waals surface area contributed by atoms with Gasteiger partial charge >= 0.3 is 0 Å². The van der Waals surface area contributed by atoms with Gasteiger partial charge in [0.15, 0.2) is 0 Å². The zero-order valence-electron chi connectivity index (χ0n) is 19.1. The Morgan fingerprint density at radius 1 is 1.00 bits per heavy atom. The average Bonchev–Trinajstić information content (AvgIpc) is 3.66. The lowest BCUT2D eigenvalue weighted by Gasteiger charge is -2.27. The van der Waals surface area contributed by atoms with Gasteiger partial charge < -0.3 is 10.2 Å². The van der Waals surface area contributed by atoms with Crippen LogP contribution in [0.1, 0.15) is 34.8 Å². The van der Waals surface area contributed by atoms with Crippen LogP contribution in [0.3, 0.4) is 0 Å². The third-order valence-electron chi connectivity index (χ3n) is 6.46. The highest BCUT2D eigenvalue weighted by Gasteiger charge is 2.29. The summed E-state index contributed by atoms with van der Waals surface area (Å²) in [5.41, 5.74) is 3.63. The molecule has 1 N–H and O–H groups in total. The third kappa shape index (κ3) is 3.96. The predicted molar refractivity (Wildman–Crippen MR) is 130 cm³/mol. The number of pyridine rings is 1. The molecule has 1 unspecified atom stereocenters. The van der Waals surface area contributed by atoms with E-state index in [-0.39, 0.29) is 11.9 Å². The van der Waals surface area contributed by atoms with Crippen molar-refractivity contribution in [1.82, 2.24) is 24.4 Å². The van der Waals surface area contributed by atoms with Crippen molar-refractivity contribution in [1.29, 1.82) is 0 Å². The molecule has 0 aliphatic carbocycles. The van der Waals surface area contributed by atoms with E-state index in [1.165, 1.54) is 24.7 Å². The van der Waals surface area contributed by atoms with Crippen molar-refractivity contribution in [3.63, 3.8) is 0 Å². The molecule has 0 saturated carbocycles. The fraction of sp³-hybridized carbons (Fsp3) is 0.154. The topological polar surface area (TPSA) is 80.3 Å². The first kappa shape index (κ1) is 21.9. The number of hydrogen-bond donors (Lipinski definition) is 1. The molecule has 4 heterocycles. The van der Waals surface area contributed by atoms with E-state index < -0.39 is 11.6 Å². The van der Waals surface area contributed by atoms with E-state index in [1.807, 2.05) is 24.3 Å². The summed E-state index contributed by atoms with van der Waals surface area (Å²) in [5.74, 6) is -1.18. The molecule has 6 rings (SSSR count). The highest BCUT2D eigenvalue weighted by Crippen LogP contribution is 2.38. The van der Waals surface area contributed by atoms with Crippen LogP contribution >= 0.6 is 0 Å². The number of nitrogens with zero attached hydrogens (tertiary/aromatic N) is 6. The second-order valence-corrected chi connectivity index (χ2v) is 8.63. The van der Waals surface area contributed by atoms with Gasteiger partial charge in [-0.25, -0.2) is 23.0 Å². The van der Waals surface area contributed by atoms with Gasteiger partial charge in [0.05, 0.1) is 29.0 Å². The van der Waals surface area contributed by atoms with Gasteiger partial charge in [0.25, 0.3) is 5.91 Å². The van der Waals surface area contributed by atoms with Crippen LogP contribution in [0.25, 0.3) is 11.2 Å². The Kier molecular flexibility index (Phi) is 5.40. The van der Waals surface area contributed by atoms with E-state index in [9.17, 15) is 13.6 Å². The Balaban J connectivity index is 1.27. The SMILES string of the molecule is O=C(Nc1ccc(-n2cncn2)cc1)c1cnn2ccc(N3CCCC3c3cc(F)ccc3F)cc12. The molecule has 36 heavy (non-hydrogen) atoms. The molecule has 1 atom stereocenters. The quantitative estimate of drug-likeness (QED) is 0.387. The number of benzene rings is 2. The fourth-order valence-corrected chi connectivity index (χ4v) is 4.73. The molecule has 5 aromatic rings. The van der Waals surface area contributed by atoms with E-state index in [1.54, 1.807) is 33.9 Å². The summed E-state index contributed by atoms with van der Waals surface area (Å²) in [6, 6.07) is 14.3. The van der Waals surface area contributed by atoms with Gasteiger partial charge in [0.2, 0.25) is 0 Å². The fourth-order valence-electron chi connectivity index (χ4n) is 4.73. The highest BCUT2D eigenvalue weighted by atomic mass is 19.1. The molecular formula is C26H21F2N7O. The third-order valence-corrected chi connectivity index (χ3v) is 6.46.